The van der Waals surface area contributed by atoms with Gasteiger partial charge in [-0.3, -0.25) is 4.98 Å². The molecule has 1 aliphatic heterocycles. The maximum Gasteiger partial charge on any atom is 0.181 e. The predicted molar refractivity (Wildman–Crippen MR) is 113 cm³/mol. The normalized spacial score (nSPS) is 18.0. The van der Waals surface area contributed by atoms with E-state index in [4.69, 9.17) is 9.97 Å². The van der Waals surface area contributed by atoms with Gasteiger partial charge in [-0.15, -0.1) is 0 Å². The van der Waals surface area contributed by atoms with E-state index in [1.807, 2.05) is 6.07 Å². The third kappa shape index (κ3) is 3.69. The summed E-state index contributed by atoms with van der Waals surface area (Å²) in [6.45, 7) is 1.12. The average Bonchev–Trinajstić information content (AvgIpc) is 3.58. The van der Waals surface area contributed by atoms with Crippen LogP contribution in [-0.2, 0) is 9.84 Å². The molecule has 0 radical (unpaired) electrons. The fourth-order valence-corrected chi connectivity index (χ4v) is 5.56. The molecule has 1 saturated heterocycles. The molecule has 7 nitrogen and oxygen atoms in total. The summed E-state index contributed by atoms with van der Waals surface area (Å²) in [6.07, 6.45) is 6.59. The summed E-state index contributed by atoms with van der Waals surface area (Å²) in [4.78, 5) is 15.9. The molecule has 2 aromatic heterocycles. The highest BCUT2D eigenvalue weighted by Gasteiger charge is 2.33. The minimum Gasteiger partial charge on any atom is -0.364 e. The van der Waals surface area contributed by atoms with Crippen LogP contribution in [0, 0.1) is 5.82 Å². The molecule has 3 heterocycles. The van der Waals surface area contributed by atoms with E-state index in [-0.39, 0.29) is 4.90 Å². The Balaban J connectivity index is 1.38. The molecule has 3 aromatic rings. The van der Waals surface area contributed by atoms with Crippen molar-refractivity contribution in [1.29, 1.82) is 0 Å². The summed E-state index contributed by atoms with van der Waals surface area (Å²) < 4.78 is 39.1. The second-order valence-corrected chi connectivity index (χ2v) is 10.1. The molecule has 30 heavy (non-hydrogen) atoms. The van der Waals surface area contributed by atoms with Gasteiger partial charge in [0, 0.05) is 25.3 Å². The quantitative estimate of drug-likeness (QED) is 0.626. The number of nitrogens with zero attached hydrogens (tertiary/aromatic N) is 4. The largest absolute Gasteiger partial charge is 0.364 e. The lowest BCUT2D eigenvalue weighted by Gasteiger charge is -2.33. The molecule has 1 aliphatic carbocycles. The van der Waals surface area contributed by atoms with E-state index in [1.165, 1.54) is 24.3 Å². The molecule has 1 saturated carbocycles. The molecule has 0 amide bonds. The van der Waals surface area contributed by atoms with Crippen molar-refractivity contribution >= 4 is 32.5 Å². The first-order valence-electron chi connectivity index (χ1n) is 10.1. The number of piperidine rings is 1. The molecule has 9 heteroatoms. The number of sulfone groups is 1. The molecular formula is C21H22FN5O2S. The molecule has 5 rings (SSSR count). The van der Waals surface area contributed by atoms with Gasteiger partial charge < -0.3 is 10.2 Å². The predicted octanol–water partition coefficient (Wildman–Crippen LogP) is 3.18. The van der Waals surface area contributed by atoms with Gasteiger partial charge in [0.05, 0.1) is 21.9 Å². The molecule has 1 aromatic carbocycles. The Morgan fingerprint density at radius 1 is 0.967 bits per heavy atom. The molecule has 0 atom stereocenters. The lowest BCUT2D eigenvalue weighted by molar-refractivity contribution is 0.528. The van der Waals surface area contributed by atoms with Crippen LogP contribution in [0.15, 0.2) is 47.6 Å². The van der Waals surface area contributed by atoms with E-state index in [2.05, 4.69) is 15.2 Å². The zero-order valence-electron chi connectivity index (χ0n) is 16.3. The fourth-order valence-electron chi connectivity index (χ4n) is 3.83. The van der Waals surface area contributed by atoms with Gasteiger partial charge in [-0.2, -0.15) is 0 Å². The average molecular weight is 428 g/mol. The van der Waals surface area contributed by atoms with Gasteiger partial charge in [0.25, 0.3) is 0 Å². The lowest BCUT2D eigenvalue weighted by atomic mass is 10.1. The van der Waals surface area contributed by atoms with Gasteiger partial charge in [-0.05, 0) is 56.0 Å². The van der Waals surface area contributed by atoms with E-state index in [0.29, 0.717) is 32.0 Å². The van der Waals surface area contributed by atoms with E-state index >= 15 is 0 Å². The first kappa shape index (κ1) is 19.2. The van der Waals surface area contributed by atoms with Gasteiger partial charge in [-0.25, -0.2) is 22.8 Å². The minimum absolute atomic E-state index is 0.176. The first-order valence-corrected chi connectivity index (χ1v) is 11.7. The zero-order valence-corrected chi connectivity index (χ0v) is 17.1. The van der Waals surface area contributed by atoms with Crippen molar-refractivity contribution in [2.24, 2.45) is 0 Å². The Hall–Kier alpha value is -2.81. The number of hydrogen-bond donors (Lipinski definition) is 1. The van der Waals surface area contributed by atoms with Gasteiger partial charge in [0.15, 0.2) is 21.5 Å². The third-order valence-electron chi connectivity index (χ3n) is 5.69. The van der Waals surface area contributed by atoms with E-state index in [0.717, 1.165) is 35.5 Å². The molecule has 0 unspecified atom stereocenters. The number of nitrogens with one attached hydrogen (secondary N) is 1. The van der Waals surface area contributed by atoms with Crippen LogP contribution in [0.3, 0.4) is 0 Å². The molecule has 156 valence electrons. The van der Waals surface area contributed by atoms with Gasteiger partial charge in [-0.1, -0.05) is 0 Å². The van der Waals surface area contributed by atoms with Crippen molar-refractivity contribution in [2.75, 3.05) is 23.3 Å². The molecule has 2 aliphatic rings. The summed E-state index contributed by atoms with van der Waals surface area (Å²) in [5, 5.41) is 2.97. The number of anilines is 2. The van der Waals surface area contributed by atoms with Crippen LogP contribution in [0.5, 0.6) is 0 Å². The molecule has 1 N–H and O–H groups in total. The highest BCUT2D eigenvalue weighted by atomic mass is 32.2. The van der Waals surface area contributed by atoms with Crippen LogP contribution in [-0.4, -0.2) is 47.8 Å². The number of halogens is 1. The Morgan fingerprint density at radius 3 is 2.40 bits per heavy atom. The van der Waals surface area contributed by atoms with Crippen LogP contribution in [0.2, 0.25) is 0 Å². The van der Waals surface area contributed by atoms with Crippen molar-refractivity contribution in [3.05, 3.63) is 48.5 Å². The van der Waals surface area contributed by atoms with Crippen LogP contribution in [0.1, 0.15) is 25.7 Å². The summed E-state index contributed by atoms with van der Waals surface area (Å²) >= 11 is 0. The highest BCUT2D eigenvalue weighted by Crippen LogP contribution is 2.33. The monoisotopic (exact) mass is 427 g/mol. The molecular weight excluding hydrogens is 405 g/mol. The summed E-state index contributed by atoms with van der Waals surface area (Å²) in [5.74, 6) is 1.06. The number of rotatable bonds is 5. The highest BCUT2D eigenvalue weighted by molar-refractivity contribution is 7.92. The topological polar surface area (TPSA) is 88.1 Å². The standard InChI is InChI=1S/C21H22FN5O2S/c22-14-1-5-16(6-2-14)30(28,29)17-8-11-27(12-9-17)21-20(24-15-3-4-15)25-18-7-10-23-13-19(18)26-21/h1-2,5-7,10,13,15,17H,3-4,8-9,11-12H2,(H,24,25). The van der Waals surface area contributed by atoms with Gasteiger partial charge in [0.1, 0.15) is 11.3 Å². The van der Waals surface area contributed by atoms with Gasteiger partial charge in [0.2, 0.25) is 0 Å². The summed E-state index contributed by atoms with van der Waals surface area (Å²) in [7, 11) is -3.49. The second-order valence-electron chi connectivity index (χ2n) is 7.86. The Bertz CT molecular complexity index is 1170. The number of fused-ring (bicyclic) bond motifs is 1. The number of aromatic nitrogens is 3. The van der Waals surface area contributed by atoms with Gasteiger partial charge >= 0.3 is 0 Å². The number of benzene rings is 1. The fraction of sp³-hybridized carbons (Fsp3) is 0.381. The van der Waals surface area contributed by atoms with E-state index in [9.17, 15) is 12.8 Å². The van der Waals surface area contributed by atoms with Crippen molar-refractivity contribution in [2.45, 2.75) is 41.9 Å². The van der Waals surface area contributed by atoms with Crippen LogP contribution in [0.25, 0.3) is 11.0 Å². The van der Waals surface area contributed by atoms with E-state index < -0.39 is 20.9 Å². The summed E-state index contributed by atoms with van der Waals surface area (Å²) in [6, 6.07) is 7.33. The first-order chi connectivity index (χ1) is 14.5. The SMILES string of the molecule is O=S(=O)(c1ccc(F)cc1)C1CCN(c2nc3cnccc3nc2NC2CC2)CC1. The summed E-state index contributed by atoms with van der Waals surface area (Å²) in [5.41, 5.74) is 1.50. The van der Waals surface area contributed by atoms with Crippen molar-refractivity contribution < 1.29 is 12.8 Å². The van der Waals surface area contributed by atoms with Crippen molar-refractivity contribution in [3.63, 3.8) is 0 Å². The van der Waals surface area contributed by atoms with Crippen molar-refractivity contribution in [1.82, 2.24) is 15.0 Å². The Labute approximate surface area is 174 Å². The third-order valence-corrected chi connectivity index (χ3v) is 7.97. The second kappa shape index (κ2) is 7.46. The lowest BCUT2D eigenvalue weighted by Crippen LogP contribution is -2.40. The Kier molecular flexibility index (Phi) is 4.77. The molecule has 0 spiro atoms. The molecule has 0 bridgehead atoms. The number of hydrogen-bond acceptors (Lipinski definition) is 7. The maximum absolute atomic E-state index is 13.2. The maximum atomic E-state index is 13.2. The molecule has 2 fully saturated rings. The van der Waals surface area contributed by atoms with Crippen LogP contribution in [0.4, 0.5) is 16.0 Å². The minimum atomic E-state index is -3.49. The smallest absolute Gasteiger partial charge is 0.181 e. The van der Waals surface area contributed by atoms with Crippen LogP contribution < -0.4 is 10.2 Å². The van der Waals surface area contributed by atoms with E-state index in [1.54, 1.807) is 12.4 Å². The number of pyridine rings is 1. The van der Waals surface area contributed by atoms with Crippen molar-refractivity contribution in [3.8, 4) is 0 Å². The van der Waals surface area contributed by atoms with Crippen LogP contribution >= 0.6 is 0 Å². The Morgan fingerprint density at radius 2 is 1.70 bits per heavy atom. The zero-order chi connectivity index (χ0) is 20.7.